The molecule has 104 valence electrons. The van der Waals surface area contributed by atoms with E-state index < -0.39 is 0 Å². The van der Waals surface area contributed by atoms with Crippen LogP contribution in [0.1, 0.15) is 21.6 Å². The van der Waals surface area contributed by atoms with E-state index in [1.165, 1.54) is 11.2 Å². The van der Waals surface area contributed by atoms with E-state index in [-0.39, 0.29) is 0 Å². The van der Waals surface area contributed by atoms with E-state index >= 15 is 0 Å². The van der Waals surface area contributed by atoms with Crippen molar-refractivity contribution in [3.8, 4) is 11.9 Å². The third-order valence-corrected chi connectivity index (χ3v) is 4.48. The smallest absolute Gasteiger partial charge is 0.225 e. The van der Waals surface area contributed by atoms with E-state index in [1.54, 1.807) is 17.4 Å². The Bertz CT molecular complexity index is 848. The zero-order chi connectivity index (χ0) is 14.8. The lowest BCUT2D eigenvalue weighted by molar-refractivity contribution is 0.297. The maximum absolute atomic E-state index is 8.92. The van der Waals surface area contributed by atoms with Crippen LogP contribution in [0.15, 0.2) is 30.6 Å². The molecule has 5 heteroatoms. The van der Waals surface area contributed by atoms with Crippen LogP contribution in [0.3, 0.4) is 0 Å². The van der Waals surface area contributed by atoms with Crippen molar-refractivity contribution in [2.75, 3.05) is 0 Å². The summed E-state index contributed by atoms with van der Waals surface area (Å²) in [7, 11) is 0. The van der Waals surface area contributed by atoms with Crippen molar-refractivity contribution in [1.29, 1.82) is 5.26 Å². The predicted octanol–water partition coefficient (Wildman–Crippen LogP) is 3.76. The summed E-state index contributed by atoms with van der Waals surface area (Å²) in [6.45, 7) is 4.51. The minimum atomic E-state index is 0.385. The van der Waals surface area contributed by atoms with Gasteiger partial charge in [-0.3, -0.25) is 0 Å². The molecular formula is C16H13N3OS. The first-order valence-electron chi connectivity index (χ1n) is 6.51. The molecule has 21 heavy (non-hydrogen) atoms. The molecule has 0 unspecified atom stereocenters. The molecule has 0 aliphatic rings. The van der Waals surface area contributed by atoms with Gasteiger partial charge in [0, 0.05) is 4.88 Å². The van der Waals surface area contributed by atoms with Gasteiger partial charge < -0.3 is 4.74 Å². The lowest BCUT2D eigenvalue weighted by Gasteiger charge is -2.07. The average molecular weight is 295 g/mol. The van der Waals surface area contributed by atoms with Gasteiger partial charge in [-0.25, -0.2) is 9.97 Å². The summed E-state index contributed by atoms with van der Waals surface area (Å²) in [6, 6.07) is 9.52. The molecule has 4 nitrogen and oxygen atoms in total. The molecule has 3 rings (SSSR count). The van der Waals surface area contributed by atoms with Crippen molar-refractivity contribution in [2.45, 2.75) is 20.5 Å². The van der Waals surface area contributed by atoms with E-state index in [9.17, 15) is 0 Å². The second-order valence-corrected chi connectivity index (χ2v) is 5.95. The van der Waals surface area contributed by atoms with Crippen LogP contribution in [0, 0.1) is 25.2 Å². The number of aryl methyl sites for hydroxylation is 2. The van der Waals surface area contributed by atoms with Crippen molar-refractivity contribution in [2.24, 2.45) is 0 Å². The van der Waals surface area contributed by atoms with Crippen LogP contribution in [0.4, 0.5) is 0 Å². The fraction of sp³-hybridized carbons (Fsp3) is 0.188. The molecular weight excluding hydrogens is 282 g/mol. The second-order valence-electron chi connectivity index (χ2n) is 4.74. The van der Waals surface area contributed by atoms with Crippen molar-refractivity contribution >= 4 is 21.6 Å². The Balaban J connectivity index is 1.90. The highest BCUT2D eigenvalue weighted by molar-refractivity contribution is 7.18. The number of ether oxygens (including phenoxy) is 1. The number of rotatable bonds is 3. The van der Waals surface area contributed by atoms with Gasteiger partial charge >= 0.3 is 0 Å². The molecule has 1 aromatic carbocycles. The van der Waals surface area contributed by atoms with Gasteiger partial charge in [0.15, 0.2) is 0 Å². The highest BCUT2D eigenvalue weighted by atomic mass is 32.1. The number of hydrogen-bond donors (Lipinski definition) is 0. The lowest BCUT2D eigenvalue weighted by Crippen LogP contribution is -1.98. The second kappa shape index (κ2) is 5.51. The Hall–Kier alpha value is -2.45. The zero-order valence-electron chi connectivity index (χ0n) is 11.8. The van der Waals surface area contributed by atoms with Crippen LogP contribution in [0.5, 0.6) is 5.88 Å². The van der Waals surface area contributed by atoms with Crippen LogP contribution in [0.25, 0.3) is 10.2 Å². The van der Waals surface area contributed by atoms with E-state index in [0.29, 0.717) is 18.1 Å². The molecule has 2 aromatic heterocycles. The Morgan fingerprint density at radius 2 is 2.14 bits per heavy atom. The fourth-order valence-corrected chi connectivity index (χ4v) is 3.13. The van der Waals surface area contributed by atoms with Crippen LogP contribution < -0.4 is 4.74 Å². The summed E-state index contributed by atoms with van der Waals surface area (Å²) in [4.78, 5) is 10.7. The van der Waals surface area contributed by atoms with Gasteiger partial charge in [0.2, 0.25) is 5.88 Å². The normalized spacial score (nSPS) is 10.5. The summed E-state index contributed by atoms with van der Waals surface area (Å²) in [5.41, 5.74) is 2.74. The topological polar surface area (TPSA) is 58.8 Å². The zero-order valence-corrected chi connectivity index (χ0v) is 12.6. The summed E-state index contributed by atoms with van der Waals surface area (Å²) >= 11 is 1.65. The van der Waals surface area contributed by atoms with Crippen molar-refractivity contribution in [1.82, 2.24) is 9.97 Å². The number of nitrogens with zero attached hydrogens (tertiary/aromatic N) is 3. The molecule has 3 aromatic rings. The van der Waals surface area contributed by atoms with Gasteiger partial charge in [-0.15, -0.1) is 11.3 Å². The van der Waals surface area contributed by atoms with Crippen molar-refractivity contribution in [3.05, 3.63) is 52.2 Å². The molecule has 0 amide bonds. The minimum absolute atomic E-state index is 0.385. The van der Waals surface area contributed by atoms with Crippen LogP contribution in [-0.2, 0) is 6.61 Å². The van der Waals surface area contributed by atoms with Gasteiger partial charge in [-0.1, -0.05) is 12.1 Å². The first kappa shape index (κ1) is 13.5. The van der Waals surface area contributed by atoms with Crippen LogP contribution in [0.2, 0.25) is 0 Å². The Kier molecular flexibility index (Phi) is 3.55. The Morgan fingerprint density at radius 1 is 1.29 bits per heavy atom. The number of hydrogen-bond acceptors (Lipinski definition) is 5. The van der Waals surface area contributed by atoms with E-state index in [1.807, 2.05) is 18.2 Å². The van der Waals surface area contributed by atoms with Crippen LogP contribution >= 0.6 is 11.3 Å². The predicted molar refractivity (Wildman–Crippen MR) is 82.4 cm³/mol. The molecule has 0 aliphatic carbocycles. The summed E-state index contributed by atoms with van der Waals surface area (Å²) < 4.78 is 5.85. The first-order chi connectivity index (χ1) is 10.2. The fourth-order valence-electron chi connectivity index (χ4n) is 2.14. The number of nitriles is 1. The molecule has 0 aliphatic heterocycles. The van der Waals surface area contributed by atoms with Crippen molar-refractivity contribution in [3.63, 3.8) is 0 Å². The summed E-state index contributed by atoms with van der Waals surface area (Å²) in [5, 5.41) is 9.90. The van der Waals surface area contributed by atoms with Crippen LogP contribution in [-0.4, -0.2) is 9.97 Å². The molecule has 0 saturated heterocycles. The van der Waals surface area contributed by atoms with Gasteiger partial charge in [0.25, 0.3) is 0 Å². The van der Waals surface area contributed by atoms with E-state index in [2.05, 4.69) is 29.9 Å². The van der Waals surface area contributed by atoms with Crippen molar-refractivity contribution < 1.29 is 4.74 Å². The quantitative estimate of drug-likeness (QED) is 0.738. The molecule has 0 N–H and O–H groups in total. The highest BCUT2D eigenvalue weighted by Crippen LogP contribution is 2.33. The number of benzene rings is 1. The van der Waals surface area contributed by atoms with E-state index in [4.69, 9.17) is 10.00 Å². The molecule has 0 bridgehead atoms. The molecule has 2 heterocycles. The first-order valence-corrected chi connectivity index (χ1v) is 7.33. The Labute approximate surface area is 126 Å². The third-order valence-electron chi connectivity index (χ3n) is 3.36. The molecule has 0 atom stereocenters. The van der Waals surface area contributed by atoms with E-state index in [0.717, 1.165) is 21.3 Å². The van der Waals surface area contributed by atoms with Gasteiger partial charge in [0.1, 0.15) is 17.8 Å². The number of thiophene rings is 1. The maximum atomic E-state index is 8.92. The SMILES string of the molecule is Cc1sc2ncnc(OCc3cccc(C#N)c3)c2c1C. The van der Waals surface area contributed by atoms with Gasteiger partial charge in [-0.05, 0) is 37.1 Å². The monoisotopic (exact) mass is 295 g/mol. The molecule has 0 fully saturated rings. The number of aromatic nitrogens is 2. The molecule has 0 spiro atoms. The maximum Gasteiger partial charge on any atom is 0.225 e. The minimum Gasteiger partial charge on any atom is -0.472 e. The lowest BCUT2D eigenvalue weighted by atomic mass is 10.1. The third kappa shape index (κ3) is 2.58. The number of fused-ring (bicyclic) bond motifs is 1. The van der Waals surface area contributed by atoms with Gasteiger partial charge in [0.05, 0.1) is 17.0 Å². The largest absolute Gasteiger partial charge is 0.472 e. The average Bonchev–Trinajstić information content (AvgIpc) is 2.81. The summed E-state index contributed by atoms with van der Waals surface area (Å²) in [6.07, 6.45) is 1.53. The molecule has 0 saturated carbocycles. The standard InChI is InChI=1S/C16H13N3OS/c1-10-11(2)21-16-14(10)15(18-9-19-16)20-8-13-5-3-4-12(6-13)7-17/h3-6,9H,8H2,1-2H3. The van der Waals surface area contributed by atoms with Gasteiger partial charge in [-0.2, -0.15) is 5.26 Å². The Morgan fingerprint density at radius 3 is 2.95 bits per heavy atom. The summed E-state index contributed by atoms with van der Waals surface area (Å²) in [5.74, 6) is 0.601. The highest BCUT2D eigenvalue weighted by Gasteiger charge is 2.13. The molecule has 0 radical (unpaired) electrons.